The van der Waals surface area contributed by atoms with E-state index in [4.69, 9.17) is 10.5 Å². The molecule has 3 aromatic rings. The Bertz CT molecular complexity index is 1300. The summed E-state index contributed by atoms with van der Waals surface area (Å²) < 4.78 is 6.68. The second-order valence-electron chi connectivity index (χ2n) is 7.81. The number of amides is 2. The third-order valence-electron chi connectivity index (χ3n) is 5.39. The zero-order valence-corrected chi connectivity index (χ0v) is 19.7. The minimum Gasteiger partial charge on any atom is -0.493 e. The summed E-state index contributed by atoms with van der Waals surface area (Å²) in [7, 11) is 1.43. The molecule has 0 fully saturated rings. The number of hydrogen-bond donors (Lipinski definition) is 3. The molecule has 1 aromatic heterocycles. The lowest BCUT2D eigenvalue weighted by Gasteiger charge is -2.20. The van der Waals surface area contributed by atoms with E-state index in [9.17, 15) is 19.2 Å². The van der Waals surface area contributed by atoms with Gasteiger partial charge in [-0.3, -0.25) is 23.9 Å². The number of H-pyrrole nitrogens is 1. The van der Waals surface area contributed by atoms with Crippen LogP contribution in [0.1, 0.15) is 35.7 Å². The zero-order valence-electron chi connectivity index (χ0n) is 19.7. The van der Waals surface area contributed by atoms with E-state index in [2.05, 4.69) is 10.3 Å². The van der Waals surface area contributed by atoms with E-state index in [0.29, 0.717) is 24.3 Å². The number of nitrogens with one attached hydrogen (secondary N) is 2. The van der Waals surface area contributed by atoms with Crippen molar-refractivity contribution in [2.75, 3.05) is 30.8 Å². The van der Waals surface area contributed by atoms with Crippen LogP contribution in [0.15, 0.2) is 64.2 Å². The Morgan fingerprint density at radius 2 is 1.77 bits per heavy atom. The summed E-state index contributed by atoms with van der Waals surface area (Å²) in [6.07, 6.45) is 0.397. The largest absolute Gasteiger partial charge is 0.493 e. The summed E-state index contributed by atoms with van der Waals surface area (Å²) in [5.74, 6) is -0.289. The molecule has 1 heterocycles. The summed E-state index contributed by atoms with van der Waals surface area (Å²) in [6, 6.07) is 16.1. The normalized spacial score (nSPS) is 10.6. The van der Waals surface area contributed by atoms with E-state index in [1.54, 1.807) is 24.3 Å². The van der Waals surface area contributed by atoms with Gasteiger partial charge in [0.25, 0.3) is 11.5 Å². The smallest absolute Gasteiger partial charge is 0.330 e. The molecular weight excluding hydrogens is 450 g/mol. The predicted octanol–water partition coefficient (Wildman–Crippen LogP) is 1.74. The first-order chi connectivity index (χ1) is 16.8. The summed E-state index contributed by atoms with van der Waals surface area (Å²) in [6.45, 7) is 2.67. The molecule has 10 nitrogen and oxygen atoms in total. The molecule has 3 rings (SSSR count). The maximum atomic E-state index is 12.8. The van der Waals surface area contributed by atoms with Crippen molar-refractivity contribution in [1.29, 1.82) is 0 Å². The van der Waals surface area contributed by atoms with E-state index < -0.39 is 11.2 Å². The monoisotopic (exact) mass is 479 g/mol. The topological polar surface area (TPSA) is 140 Å². The number of para-hydroxylation sites is 1. The van der Waals surface area contributed by atoms with E-state index in [0.717, 1.165) is 10.5 Å². The Morgan fingerprint density at radius 1 is 1.09 bits per heavy atom. The van der Waals surface area contributed by atoms with Crippen molar-refractivity contribution in [3.8, 4) is 5.75 Å². The Balaban J connectivity index is 1.64. The van der Waals surface area contributed by atoms with Gasteiger partial charge in [-0.05, 0) is 31.0 Å². The Kier molecular flexibility index (Phi) is 8.44. The van der Waals surface area contributed by atoms with Gasteiger partial charge in [-0.2, -0.15) is 0 Å². The average molecular weight is 480 g/mol. The molecular formula is C25H29N5O5. The number of nitrogens with zero attached hydrogens (tertiary/aromatic N) is 2. The highest BCUT2D eigenvalue weighted by Gasteiger charge is 2.21. The van der Waals surface area contributed by atoms with Gasteiger partial charge in [-0.25, -0.2) is 4.79 Å². The van der Waals surface area contributed by atoms with Crippen molar-refractivity contribution < 1.29 is 14.3 Å². The fourth-order valence-corrected chi connectivity index (χ4v) is 3.59. The number of nitrogen functional groups attached to an aromatic ring is 1. The fourth-order valence-electron chi connectivity index (χ4n) is 3.59. The highest BCUT2D eigenvalue weighted by atomic mass is 16.5. The first-order valence-electron chi connectivity index (χ1n) is 11.3. The van der Waals surface area contributed by atoms with Crippen LogP contribution in [0.3, 0.4) is 0 Å². The van der Waals surface area contributed by atoms with Crippen LogP contribution in [0, 0.1) is 0 Å². The number of benzene rings is 2. The minimum absolute atomic E-state index is 0.0561. The zero-order chi connectivity index (χ0) is 25.4. The number of aromatic nitrogens is 2. The molecule has 184 valence electrons. The fraction of sp³-hybridized carbons (Fsp3) is 0.280. The summed E-state index contributed by atoms with van der Waals surface area (Å²) in [4.78, 5) is 53.4. The van der Waals surface area contributed by atoms with Crippen molar-refractivity contribution in [3.05, 3.63) is 86.6 Å². The first-order valence-corrected chi connectivity index (χ1v) is 11.3. The molecule has 0 aliphatic heterocycles. The number of aromatic amines is 1. The number of ether oxygens (including phenoxy) is 1. The van der Waals surface area contributed by atoms with Crippen LogP contribution >= 0.6 is 0 Å². The van der Waals surface area contributed by atoms with Crippen molar-refractivity contribution in [3.63, 3.8) is 0 Å². The lowest BCUT2D eigenvalue weighted by Crippen LogP contribution is -2.39. The quantitative estimate of drug-likeness (QED) is 0.379. The number of carbonyl (C=O) groups excluding carboxylic acids is 2. The van der Waals surface area contributed by atoms with Gasteiger partial charge >= 0.3 is 5.69 Å². The molecule has 10 heteroatoms. The Labute approximate surface area is 202 Å². The first kappa shape index (κ1) is 25.3. The van der Waals surface area contributed by atoms with Gasteiger partial charge in [-0.1, -0.05) is 42.5 Å². The molecule has 0 radical (unpaired) electrons. The SMILES string of the molecule is CCOc1ccccc1C(=O)NCCCC(=O)N(C)c1c(N)n(Cc2ccccc2)c(=O)[nH]c1=O. The standard InChI is InChI=1S/C25H29N5O5/c1-3-35-19-13-8-7-12-18(19)23(32)27-15-9-14-20(31)29(2)21-22(26)30(25(34)28-24(21)33)16-17-10-5-4-6-11-17/h4-8,10-13H,3,9,14-16,26H2,1-2H3,(H,27,32)(H,28,33,34). The molecule has 0 aliphatic carbocycles. The molecule has 0 saturated carbocycles. The number of carbonyl (C=O) groups is 2. The minimum atomic E-state index is -0.742. The lowest BCUT2D eigenvalue weighted by atomic mass is 10.2. The number of hydrogen-bond acceptors (Lipinski definition) is 6. The Morgan fingerprint density at radius 3 is 2.49 bits per heavy atom. The van der Waals surface area contributed by atoms with Crippen LogP contribution in [0.2, 0.25) is 0 Å². The molecule has 4 N–H and O–H groups in total. The van der Waals surface area contributed by atoms with Gasteiger partial charge in [0.1, 0.15) is 11.6 Å². The van der Waals surface area contributed by atoms with Gasteiger partial charge in [-0.15, -0.1) is 0 Å². The molecule has 0 bridgehead atoms. The highest BCUT2D eigenvalue weighted by molar-refractivity contribution is 5.97. The summed E-state index contributed by atoms with van der Waals surface area (Å²) >= 11 is 0. The van der Waals surface area contributed by atoms with Gasteiger partial charge in [0, 0.05) is 20.0 Å². The lowest BCUT2D eigenvalue weighted by molar-refractivity contribution is -0.118. The molecule has 0 aliphatic rings. The van der Waals surface area contributed by atoms with Gasteiger partial charge in [0.2, 0.25) is 5.91 Å². The van der Waals surface area contributed by atoms with Crippen molar-refractivity contribution in [1.82, 2.24) is 14.9 Å². The van der Waals surface area contributed by atoms with Gasteiger partial charge in [0.05, 0.1) is 18.7 Å². The number of rotatable bonds is 10. The predicted molar refractivity (Wildman–Crippen MR) is 134 cm³/mol. The van der Waals surface area contributed by atoms with Crippen LogP contribution in [-0.4, -0.2) is 41.6 Å². The third kappa shape index (κ3) is 6.17. The van der Waals surface area contributed by atoms with Crippen molar-refractivity contribution >= 4 is 23.3 Å². The summed E-state index contributed by atoms with van der Waals surface area (Å²) in [5.41, 5.74) is 5.88. The van der Waals surface area contributed by atoms with Gasteiger partial charge in [0.15, 0.2) is 5.69 Å². The molecule has 0 atom stereocenters. The van der Waals surface area contributed by atoms with Gasteiger partial charge < -0.3 is 20.7 Å². The van der Waals surface area contributed by atoms with Crippen LogP contribution < -0.4 is 31.9 Å². The number of nitrogens with two attached hydrogens (primary N) is 1. The van der Waals surface area contributed by atoms with Crippen molar-refractivity contribution in [2.45, 2.75) is 26.3 Å². The van der Waals surface area contributed by atoms with Crippen molar-refractivity contribution in [2.24, 2.45) is 0 Å². The molecule has 35 heavy (non-hydrogen) atoms. The van der Waals surface area contributed by atoms with Crippen LogP contribution in [0.4, 0.5) is 11.5 Å². The molecule has 2 aromatic carbocycles. The van der Waals surface area contributed by atoms with Crippen LogP contribution in [-0.2, 0) is 11.3 Å². The average Bonchev–Trinajstić information content (AvgIpc) is 2.85. The maximum absolute atomic E-state index is 12.8. The molecule has 0 unspecified atom stereocenters. The number of anilines is 2. The second-order valence-corrected chi connectivity index (χ2v) is 7.81. The molecule has 0 spiro atoms. The second kappa shape index (κ2) is 11.7. The molecule has 2 amide bonds. The van der Waals surface area contributed by atoms with E-state index >= 15 is 0 Å². The summed E-state index contributed by atoms with van der Waals surface area (Å²) in [5, 5.41) is 2.77. The van der Waals surface area contributed by atoms with E-state index in [1.165, 1.54) is 11.6 Å². The van der Waals surface area contributed by atoms with E-state index in [1.807, 2.05) is 37.3 Å². The van der Waals surface area contributed by atoms with E-state index in [-0.39, 0.29) is 42.8 Å². The third-order valence-corrected chi connectivity index (χ3v) is 5.39. The Hall–Kier alpha value is -4.34. The highest BCUT2D eigenvalue weighted by Crippen LogP contribution is 2.19. The van der Waals surface area contributed by atoms with Crippen LogP contribution in [0.5, 0.6) is 5.75 Å². The van der Waals surface area contributed by atoms with Crippen LogP contribution in [0.25, 0.3) is 0 Å². The maximum Gasteiger partial charge on any atom is 0.330 e. The molecule has 0 saturated heterocycles.